The van der Waals surface area contributed by atoms with Crippen LogP contribution in [0.3, 0.4) is 0 Å². The van der Waals surface area contributed by atoms with E-state index in [0.29, 0.717) is 6.10 Å². The molecule has 0 aliphatic heterocycles. The largest absolute Gasteiger partial charge is 0.486 e. The highest BCUT2D eigenvalue weighted by Gasteiger charge is 2.49. The summed E-state index contributed by atoms with van der Waals surface area (Å²) >= 11 is 6.07. The van der Waals surface area contributed by atoms with E-state index >= 15 is 0 Å². The molecule has 1 aromatic carbocycles. The van der Waals surface area contributed by atoms with E-state index in [2.05, 4.69) is 26.7 Å². The number of hydrogen-bond acceptors (Lipinski definition) is 3. The fourth-order valence-electron chi connectivity index (χ4n) is 4.21. The Morgan fingerprint density at radius 1 is 1.00 bits per heavy atom. The van der Waals surface area contributed by atoms with E-state index in [4.69, 9.17) is 16.3 Å². The number of rotatable bonds is 4. The Morgan fingerprint density at radius 3 is 2.50 bits per heavy atom. The predicted molar refractivity (Wildman–Crippen MR) is 102 cm³/mol. The van der Waals surface area contributed by atoms with Gasteiger partial charge in [-0.3, -0.25) is 4.40 Å². The van der Waals surface area contributed by atoms with E-state index in [1.54, 1.807) is 0 Å². The lowest BCUT2D eigenvalue weighted by atomic mass is 9.95. The maximum atomic E-state index is 6.30. The topological polar surface area (TPSA) is 39.4 Å². The number of halogens is 1. The van der Waals surface area contributed by atoms with Crippen LogP contribution >= 0.6 is 11.6 Å². The van der Waals surface area contributed by atoms with Gasteiger partial charge in [0, 0.05) is 11.2 Å². The molecule has 0 atom stereocenters. The van der Waals surface area contributed by atoms with Crippen molar-refractivity contribution in [3.63, 3.8) is 0 Å². The fourth-order valence-corrected chi connectivity index (χ4v) is 4.33. The Kier molecular flexibility index (Phi) is 3.89. The highest BCUT2D eigenvalue weighted by atomic mass is 35.5. The van der Waals surface area contributed by atoms with Crippen molar-refractivity contribution in [1.29, 1.82) is 0 Å². The Hall–Kier alpha value is -2.07. The van der Waals surface area contributed by atoms with Crippen molar-refractivity contribution < 1.29 is 4.74 Å². The van der Waals surface area contributed by atoms with E-state index in [1.807, 2.05) is 30.5 Å². The van der Waals surface area contributed by atoms with Crippen molar-refractivity contribution in [2.75, 3.05) is 0 Å². The Balaban J connectivity index is 1.52. The molecule has 2 aromatic heterocycles. The zero-order chi connectivity index (χ0) is 17.6. The molecule has 0 amide bonds. The lowest BCUT2D eigenvalue weighted by Crippen LogP contribution is -2.20. The summed E-state index contributed by atoms with van der Waals surface area (Å²) in [5, 5.41) is 9.84. The van der Waals surface area contributed by atoms with E-state index in [9.17, 15) is 0 Å². The molecule has 4 nitrogen and oxygen atoms in total. The van der Waals surface area contributed by atoms with Gasteiger partial charge in [-0.1, -0.05) is 30.2 Å². The van der Waals surface area contributed by atoms with Crippen molar-refractivity contribution >= 4 is 17.2 Å². The number of hydrogen-bond donors (Lipinski definition) is 0. The maximum Gasteiger partial charge on any atom is 0.203 e. The van der Waals surface area contributed by atoms with Crippen molar-refractivity contribution in [3.05, 3.63) is 59.0 Å². The van der Waals surface area contributed by atoms with Gasteiger partial charge in [0.15, 0.2) is 5.75 Å². The molecule has 0 unspecified atom stereocenters. The summed E-state index contributed by atoms with van der Waals surface area (Å²) in [6.45, 7) is 0. The second-order valence-corrected chi connectivity index (χ2v) is 7.99. The third kappa shape index (κ3) is 2.67. The van der Waals surface area contributed by atoms with Crippen LogP contribution in [0.15, 0.2) is 42.6 Å². The van der Waals surface area contributed by atoms with Crippen LogP contribution in [0.1, 0.15) is 56.3 Å². The standard InChI is InChI=1S/C21H22ClN3O/c22-16-10-8-15(9-11-16)21(12-13-21)20-24-23-19-18(7-4-14-25(19)20)26-17-5-2-1-3-6-17/h4,7-11,14,17H,1-3,5-6,12-13H2. The molecule has 2 aliphatic carbocycles. The molecule has 2 fully saturated rings. The van der Waals surface area contributed by atoms with Gasteiger partial charge in [0.1, 0.15) is 5.82 Å². The number of aromatic nitrogens is 3. The molecule has 26 heavy (non-hydrogen) atoms. The average molecular weight is 368 g/mol. The zero-order valence-corrected chi connectivity index (χ0v) is 15.5. The fraction of sp³-hybridized carbons (Fsp3) is 0.429. The Labute approximate surface area is 158 Å². The summed E-state index contributed by atoms with van der Waals surface area (Å²) in [4.78, 5) is 0. The molecule has 0 bridgehead atoms. The first-order valence-electron chi connectivity index (χ1n) is 9.53. The summed E-state index contributed by atoms with van der Waals surface area (Å²) in [7, 11) is 0. The minimum atomic E-state index is -0.0481. The number of benzene rings is 1. The molecule has 2 saturated carbocycles. The quantitative estimate of drug-likeness (QED) is 0.638. The van der Waals surface area contributed by atoms with Gasteiger partial charge >= 0.3 is 0 Å². The average Bonchev–Trinajstić information content (AvgIpc) is 3.35. The molecular weight excluding hydrogens is 346 g/mol. The molecule has 0 saturated heterocycles. The van der Waals surface area contributed by atoms with Crippen LogP contribution in [-0.4, -0.2) is 20.7 Å². The lowest BCUT2D eigenvalue weighted by molar-refractivity contribution is 0.156. The summed E-state index contributed by atoms with van der Waals surface area (Å²) < 4.78 is 8.41. The van der Waals surface area contributed by atoms with Gasteiger partial charge in [-0.15, -0.1) is 10.2 Å². The van der Waals surface area contributed by atoms with Crippen molar-refractivity contribution in [2.45, 2.75) is 56.5 Å². The monoisotopic (exact) mass is 367 g/mol. The van der Waals surface area contributed by atoms with Gasteiger partial charge in [0.25, 0.3) is 0 Å². The summed E-state index contributed by atoms with van der Waals surface area (Å²) in [6, 6.07) is 12.2. The van der Waals surface area contributed by atoms with E-state index in [-0.39, 0.29) is 5.41 Å². The maximum absolute atomic E-state index is 6.30. The number of fused-ring (bicyclic) bond motifs is 1. The van der Waals surface area contributed by atoms with Crippen LogP contribution < -0.4 is 4.74 Å². The summed E-state index contributed by atoms with van der Waals surface area (Å²) in [6.07, 6.45) is 10.6. The minimum absolute atomic E-state index is 0.0481. The molecule has 134 valence electrons. The zero-order valence-electron chi connectivity index (χ0n) is 14.7. The number of pyridine rings is 1. The van der Waals surface area contributed by atoms with Crippen molar-refractivity contribution in [1.82, 2.24) is 14.6 Å². The van der Waals surface area contributed by atoms with Gasteiger partial charge in [0.05, 0.1) is 11.5 Å². The molecule has 0 N–H and O–H groups in total. The highest BCUT2D eigenvalue weighted by Crippen LogP contribution is 2.53. The minimum Gasteiger partial charge on any atom is -0.486 e. The smallest absolute Gasteiger partial charge is 0.203 e. The first-order chi connectivity index (χ1) is 12.8. The molecule has 2 heterocycles. The molecule has 5 rings (SSSR count). The first-order valence-corrected chi connectivity index (χ1v) is 9.91. The van der Waals surface area contributed by atoms with Crippen LogP contribution in [0.4, 0.5) is 0 Å². The summed E-state index contributed by atoms with van der Waals surface area (Å²) in [5.74, 6) is 1.86. The lowest BCUT2D eigenvalue weighted by Gasteiger charge is -2.23. The van der Waals surface area contributed by atoms with Crippen molar-refractivity contribution in [2.24, 2.45) is 0 Å². The molecular formula is C21H22ClN3O. The summed E-state index contributed by atoms with van der Waals surface area (Å²) in [5.41, 5.74) is 2.04. The van der Waals surface area contributed by atoms with E-state index in [0.717, 1.165) is 47.9 Å². The van der Waals surface area contributed by atoms with Crippen LogP contribution in [0.5, 0.6) is 5.75 Å². The molecule has 5 heteroatoms. The van der Waals surface area contributed by atoms with Crippen LogP contribution in [0.25, 0.3) is 5.65 Å². The van der Waals surface area contributed by atoms with Gasteiger partial charge in [-0.2, -0.15) is 0 Å². The Bertz CT molecular complexity index is 924. The third-order valence-electron chi connectivity index (χ3n) is 5.82. The molecule has 3 aromatic rings. The highest BCUT2D eigenvalue weighted by molar-refractivity contribution is 6.30. The van der Waals surface area contributed by atoms with E-state index in [1.165, 1.54) is 24.8 Å². The van der Waals surface area contributed by atoms with Gasteiger partial charge in [-0.05, 0) is 68.4 Å². The van der Waals surface area contributed by atoms with Crippen LogP contribution in [-0.2, 0) is 5.41 Å². The van der Waals surface area contributed by atoms with Gasteiger partial charge < -0.3 is 4.74 Å². The first kappa shape index (κ1) is 16.1. The van der Waals surface area contributed by atoms with Gasteiger partial charge in [-0.25, -0.2) is 0 Å². The second-order valence-electron chi connectivity index (χ2n) is 7.56. The second kappa shape index (κ2) is 6.27. The van der Waals surface area contributed by atoms with E-state index < -0.39 is 0 Å². The SMILES string of the molecule is Clc1ccc(C2(c3nnc4c(OC5CCCCC5)cccn34)CC2)cc1. The third-order valence-corrected chi connectivity index (χ3v) is 6.07. The normalized spacial score (nSPS) is 19.6. The van der Waals surface area contributed by atoms with Crippen LogP contribution in [0, 0.1) is 0 Å². The molecule has 0 spiro atoms. The van der Waals surface area contributed by atoms with Gasteiger partial charge in [0.2, 0.25) is 5.65 Å². The van der Waals surface area contributed by atoms with Crippen LogP contribution in [0.2, 0.25) is 5.02 Å². The predicted octanol–water partition coefficient (Wildman–Crippen LogP) is 5.17. The van der Waals surface area contributed by atoms with Crippen molar-refractivity contribution in [3.8, 4) is 5.75 Å². The number of nitrogens with zero attached hydrogens (tertiary/aromatic N) is 3. The molecule has 0 radical (unpaired) electrons. The number of ether oxygens (including phenoxy) is 1. The molecule has 2 aliphatic rings. The Morgan fingerprint density at radius 2 is 1.77 bits per heavy atom.